The smallest absolute Gasteiger partial charge is 0.410 e. The van der Waals surface area contributed by atoms with Crippen molar-refractivity contribution in [2.45, 2.75) is 89.5 Å². The zero-order chi connectivity index (χ0) is 20.5. The minimum Gasteiger partial charge on any atom is -0.445 e. The van der Waals surface area contributed by atoms with E-state index in [0.29, 0.717) is 19.2 Å². The Balaban J connectivity index is 1.72. The highest BCUT2D eigenvalue weighted by molar-refractivity contribution is 6.74. The number of hydrogen-bond acceptors (Lipinski definition) is 4. The van der Waals surface area contributed by atoms with Crippen LogP contribution in [0.1, 0.15) is 46.1 Å². The molecule has 4 atom stereocenters. The van der Waals surface area contributed by atoms with Crippen LogP contribution in [0, 0.1) is 0 Å². The Bertz CT molecular complexity index is 674. The topological polar surface area (TPSA) is 50.8 Å². The van der Waals surface area contributed by atoms with Crippen LogP contribution in [-0.4, -0.2) is 50.1 Å². The highest BCUT2D eigenvalue weighted by atomic mass is 28.4. The van der Waals surface area contributed by atoms with E-state index < -0.39 is 8.32 Å². The van der Waals surface area contributed by atoms with E-state index in [9.17, 15) is 4.79 Å². The number of carbonyl (C=O) groups excluding carboxylic acids is 1. The minimum absolute atomic E-state index is 0.0103. The molecule has 2 saturated heterocycles. The van der Waals surface area contributed by atoms with Crippen LogP contribution >= 0.6 is 0 Å². The zero-order valence-corrected chi connectivity index (χ0v) is 19.2. The van der Waals surface area contributed by atoms with Gasteiger partial charge < -0.3 is 14.5 Å². The van der Waals surface area contributed by atoms with Gasteiger partial charge in [0, 0.05) is 18.6 Å². The first kappa shape index (κ1) is 21.3. The van der Waals surface area contributed by atoms with Gasteiger partial charge in [-0.05, 0) is 43.5 Å². The third-order valence-electron chi connectivity index (χ3n) is 6.67. The van der Waals surface area contributed by atoms with Crippen molar-refractivity contribution in [1.29, 1.82) is 0 Å². The van der Waals surface area contributed by atoms with Crippen LogP contribution in [0.5, 0.6) is 0 Å². The molecule has 1 amide bonds. The van der Waals surface area contributed by atoms with Crippen LogP contribution in [-0.2, 0) is 15.8 Å². The molecule has 3 rings (SSSR count). The summed E-state index contributed by atoms with van der Waals surface area (Å²) in [5, 5.41) is 3.83. The van der Waals surface area contributed by atoms with Crippen LogP contribution < -0.4 is 5.32 Å². The Morgan fingerprint density at radius 1 is 1.25 bits per heavy atom. The van der Waals surface area contributed by atoms with Gasteiger partial charge in [0.05, 0.1) is 12.1 Å². The fourth-order valence-electron chi connectivity index (χ4n) is 4.13. The van der Waals surface area contributed by atoms with Crippen molar-refractivity contribution in [3.8, 4) is 0 Å². The van der Waals surface area contributed by atoms with Gasteiger partial charge in [-0.25, -0.2) is 4.79 Å². The molecular weight excluding hydrogens is 368 g/mol. The van der Waals surface area contributed by atoms with Crippen molar-refractivity contribution in [2.75, 3.05) is 6.54 Å². The number of piperazine rings is 1. The molecule has 0 spiro atoms. The van der Waals surface area contributed by atoms with Crippen LogP contribution in [0.25, 0.3) is 0 Å². The number of amides is 1. The first-order chi connectivity index (χ1) is 13.1. The average molecular weight is 405 g/mol. The maximum absolute atomic E-state index is 13.0. The molecule has 0 saturated carbocycles. The highest BCUT2D eigenvalue weighted by Gasteiger charge is 2.48. The van der Waals surface area contributed by atoms with E-state index >= 15 is 0 Å². The Morgan fingerprint density at radius 2 is 1.93 bits per heavy atom. The predicted molar refractivity (Wildman–Crippen MR) is 115 cm³/mol. The maximum atomic E-state index is 13.0. The maximum Gasteiger partial charge on any atom is 0.410 e. The second-order valence-corrected chi connectivity index (χ2v) is 14.6. The van der Waals surface area contributed by atoms with E-state index in [2.05, 4.69) is 46.1 Å². The Labute approximate surface area is 170 Å². The van der Waals surface area contributed by atoms with E-state index in [0.717, 1.165) is 18.4 Å². The molecule has 2 heterocycles. The molecule has 1 aromatic carbocycles. The van der Waals surface area contributed by atoms with Crippen LogP contribution in [0.4, 0.5) is 4.79 Å². The van der Waals surface area contributed by atoms with Gasteiger partial charge in [0.1, 0.15) is 6.61 Å². The molecule has 1 N–H and O–H groups in total. The molecule has 0 radical (unpaired) electrons. The van der Waals surface area contributed by atoms with E-state index in [1.165, 1.54) is 0 Å². The van der Waals surface area contributed by atoms with Gasteiger partial charge in [0.15, 0.2) is 8.32 Å². The molecule has 0 unspecified atom stereocenters. The normalized spacial score (nSPS) is 26.2. The van der Waals surface area contributed by atoms with Crippen molar-refractivity contribution in [3.63, 3.8) is 0 Å². The van der Waals surface area contributed by atoms with Crippen LogP contribution in [0.15, 0.2) is 30.3 Å². The summed E-state index contributed by atoms with van der Waals surface area (Å²) in [6.45, 7) is 14.4. The van der Waals surface area contributed by atoms with E-state index in [-0.39, 0.29) is 29.3 Å². The summed E-state index contributed by atoms with van der Waals surface area (Å²) in [7, 11) is -1.92. The molecule has 2 aliphatic rings. The van der Waals surface area contributed by atoms with Crippen molar-refractivity contribution in [3.05, 3.63) is 35.9 Å². The van der Waals surface area contributed by atoms with Gasteiger partial charge in [-0.1, -0.05) is 51.1 Å². The third kappa shape index (κ3) is 4.61. The van der Waals surface area contributed by atoms with Crippen molar-refractivity contribution >= 4 is 14.4 Å². The van der Waals surface area contributed by atoms with E-state index in [1.54, 1.807) is 0 Å². The fourth-order valence-corrected chi connectivity index (χ4v) is 5.55. The first-order valence-corrected chi connectivity index (χ1v) is 13.4. The second-order valence-electron chi connectivity index (χ2n) is 9.81. The van der Waals surface area contributed by atoms with Gasteiger partial charge in [0.25, 0.3) is 0 Å². The lowest BCUT2D eigenvalue weighted by Gasteiger charge is -2.46. The molecule has 6 heteroatoms. The summed E-state index contributed by atoms with van der Waals surface area (Å²) in [4.78, 5) is 14.9. The predicted octanol–water partition coefficient (Wildman–Crippen LogP) is 4.54. The van der Waals surface area contributed by atoms with Gasteiger partial charge >= 0.3 is 6.09 Å². The first-order valence-electron chi connectivity index (χ1n) is 10.5. The Hall–Kier alpha value is -1.37. The monoisotopic (exact) mass is 404 g/mol. The summed E-state index contributed by atoms with van der Waals surface area (Å²) >= 11 is 0. The zero-order valence-electron chi connectivity index (χ0n) is 18.2. The number of hydrogen-bond donors (Lipinski definition) is 1. The summed E-state index contributed by atoms with van der Waals surface area (Å²) in [6, 6.07) is 10.5. The molecule has 1 aromatic rings. The van der Waals surface area contributed by atoms with Gasteiger partial charge in [-0.15, -0.1) is 0 Å². The SMILES string of the molecule is C[C@H](O[Si](C)(C)C(C)(C)C)[C@@H]1[C@H]2CC[C@@H](CN1C(=O)OCc1ccccc1)N2. The van der Waals surface area contributed by atoms with Gasteiger partial charge in [-0.2, -0.15) is 0 Å². The lowest BCUT2D eigenvalue weighted by Crippen LogP contribution is -2.64. The second kappa shape index (κ2) is 8.17. The van der Waals surface area contributed by atoms with Gasteiger partial charge in [0.2, 0.25) is 0 Å². The standard InChI is InChI=1S/C22H36N2O3Si/c1-16(27-28(5,6)22(2,3)4)20-19-13-12-18(23-19)14-24(20)21(25)26-15-17-10-8-7-9-11-17/h7-11,16,18-20,23H,12-15H2,1-6H3/t16-,18-,19+,20+/m0/s1. The highest BCUT2D eigenvalue weighted by Crippen LogP contribution is 2.39. The fraction of sp³-hybridized carbons (Fsp3) is 0.682. The third-order valence-corrected chi connectivity index (χ3v) is 11.2. The molecule has 2 aliphatic heterocycles. The molecule has 28 heavy (non-hydrogen) atoms. The van der Waals surface area contributed by atoms with Gasteiger partial charge in [-0.3, -0.25) is 4.90 Å². The quantitative estimate of drug-likeness (QED) is 0.732. The Morgan fingerprint density at radius 3 is 2.57 bits per heavy atom. The molecule has 2 bridgehead atoms. The average Bonchev–Trinajstić information content (AvgIpc) is 2.99. The molecule has 2 fully saturated rings. The summed E-state index contributed by atoms with van der Waals surface area (Å²) < 4.78 is 12.4. The number of nitrogens with one attached hydrogen (secondary N) is 1. The van der Waals surface area contributed by atoms with Crippen LogP contribution in [0.3, 0.4) is 0 Å². The molecular formula is C22H36N2O3Si. The summed E-state index contributed by atoms with van der Waals surface area (Å²) in [5.74, 6) is 0. The van der Waals surface area contributed by atoms with Crippen molar-refractivity contribution in [2.24, 2.45) is 0 Å². The minimum atomic E-state index is -1.92. The number of carbonyl (C=O) groups is 1. The van der Waals surface area contributed by atoms with Crippen LogP contribution in [0.2, 0.25) is 18.1 Å². The van der Waals surface area contributed by atoms with Crippen molar-refractivity contribution < 1.29 is 14.0 Å². The summed E-state index contributed by atoms with van der Waals surface area (Å²) in [6.07, 6.45) is 1.94. The number of rotatable bonds is 5. The molecule has 5 nitrogen and oxygen atoms in total. The van der Waals surface area contributed by atoms with Crippen molar-refractivity contribution in [1.82, 2.24) is 10.2 Å². The largest absolute Gasteiger partial charge is 0.445 e. The summed E-state index contributed by atoms with van der Waals surface area (Å²) in [5.41, 5.74) is 1.01. The lowest BCUT2D eigenvalue weighted by molar-refractivity contribution is 0.0143. The molecule has 0 aromatic heterocycles. The lowest BCUT2D eigenvalue weighted by atomic mass is 10.0. The number of benzene rings is 1. The number of nitrogens with zero attached hydrogens (tertiary/aromatic N) is 1. The van der Waals surface area contributed by atoms with E-state index in [4.69, 9.17) is 9.16 Å². The number of ether oxygens (including phenoxy) is 1. The number of fused-ring (bicyclic) bond motifs is 2. The van der Waals surface area contributed by atoms with E-state index in [1.807, 2.05) is 35.2 Å². The molecule has 156 valence electrons. The molecule has 0 aliphatic carbocycles. The Kier molecular flexibility index (Phi) is 6.22. The number of likely N-dealkylation sites (tertiary alicyclic amines) is 1.